The molecule has 1 amide bonds. The van der Waals surface area contributed by atoms with Gasteiger partial charge in [-0.2, -0.15) is 13.2 Å². The smallest absolute Gasteiger partial charge is 0.367 e. The minimum absolute atomic E-state index is 0.100. The molecule has 4 rings (SSSR count). The Kier molecular flexibility index (Phi) is 3.96. The highest BCUT2D eigenvalue weighted by Crippen LogP contribution is 2.40. The van der Waals surface area contributed by atoms with Crippen molar-refractivity contribution in [2.24, 2.45) is 0 Å². The zero-order valence-electron chi connectivity index (χ0n) is 13.6. The van der Waals surface area contributed by atoms with E-state index in [4.69, 9.17) is 4.74 Å². The third-order valence-electron chi connectivity index (χ3n) is 4.79. The fourth-order valence-corrected chi connectivity index (χ4v) is 3.43. The summed E-state index contributed by atoms with van der Waals surface area (Å²) in [6, 6.07) is 9.56. The normalized spacial score (nSPS) is 24.7. The van der Waals surface area contributed by atoms with Crippen LogP contribution in [-0.2, 0) is 16.5 Å². The van der Waals surface area contributed by atoms with Crippen LogP contribution in [0.5, 0.6) is 0 Å². The number of aromatic nitrogens is 1. The molecule has 5 nitrogen and oxygen atoms in total. The minimum Gasteiger partial charge on any atom is -0.367 e. The van der Waals surface area contributed by atoms with Crippen molar-refractivity contribution in [1.82, 2.24) is 10.3 Å². The van der Waals surface area contributed by atoms with E-state index in [0.717, 1.165) is 30.8 Å². The van der Waals surface area contributed by atoms with Gasteiger partial charge in [0, 0.05) is 30.0 Å². The lowest BCUT2D eigenvalue weighted by Crippen LogP contribution is -2.37. The van der Waals surface area contributed by atoms with Crippen molar-refractivity contribution in [1.29, 1.82) is 0 Å². The fraction of sp³-hybridized carbons (Fsp3) is 0.333. The summed E-state index contributed by atoms with van der Waals surface area (Å²) in [4.78, 5) is 15.5. The number of rotatable bonds is 3. The molecule has 26 heavy (non-hydrogen) atoms. The second kappa shape index (κ2) is 6.07. The topological polar surface area (TPSA) is 63.2 Å². The summed E-state index contributed by atoms with van der Waals surface area (Å²) in [5.74, 6) is -0.622. The standard InChI is InChI=1S/C18H16F3N3O2/c19-18(20,21)15-7-11(5-6-22-15)16(25)24-13-3-1-12(2-4-13)17-8-14(9-26-17)23-10-17/h1-7,14,23H,8-10H2,(H,24,25)/t14-,17-/m0/s1. The van der Waals surface area contributed by atoms with Crippen molar-refractivity contribution < 1.29 is 22.7 Å². The molecule has 0 unspecified atom stereocenters. The van der Waals surface area contributed by atoms with E-state index in [9.17, 15) is 18.0 Å². The second-order valence-electron chi connectivity index (χ2n) is 6.55. The molecular weight excluding hydrogens is 347 g/mol. The Morgan fingerprint density at radius 3 is 2.62 bits per heavy atom. The number of benzene rings is 1. The first-order chi connectivity index (χ1) is 12.4. The largest absolute Gasteiger partial charge is 0.433 e. The monoisotopic (exact) mass is 363 g/mol. The maximum atomic E-state index is 12.7. The van der Waals surface area contributed by atoms with Gasteiger partial charge >= 0.3 is 6.18 Å². The van der Waals surface area contributed by atoms with Crippen LogP contribution in [-0.4, -0.2) is 30.1 Å². The van der Waals surface area contributed by atoms with E-state index in [1.807, 2.05) is 12.1 Å². The van der Waals surface area contributed by atoms with Crippen molar-refractivity contribution in [2.75, 3.05) is 18.5 Å². The highest BCUT2D eigenvalue weighted by Gasteiger charge is 2.47. The SMILES string of the molecule is O=C(Nc1ccc([C@]23CN[C@H](CO2)C3)cc1)c1ccnc(C(F)(F)F)c1. The zero-order valence-corrected chi connectivity index (χ0v) is 13.6. The van der Waals surface area contributed by atoms with E-state index in [1.165, 1.54) is 6.07 Å². The zero-order chi connectivity index (χ0) is 18.4. The molecule has 2 atom stereocenters. The van der Waals surface area contributed by atoms with Crippen molar-refractivity contribution in [3.05, 3.63) is 59.4 Å². The average Bonchev–Trinajstić information content (AvgIpc) is 3.24. The number of pyridine rings is 1. The van der Waals surface area contributed by atoms with Crippen molar-refractivity contribution >= 4 is 11.6 Å². The van der Waals surface area contributed by atoms with Crippen LogP contribution in [0, 0.1) is 0 Å². The number of ether oxygens (including phenoxy) is 1. The molecule has 1 aromatic heterocycles. The Labute approximate surface area is 147 Å². The van der Waals surface area contributed by atoms with Crippen molar-refractivity contribution in [3.8, 4) is 0 Å². The molecule has 1 aromatic carbocycles. The van der Waals surface area contributed by atoms with Crippen LogP contribution in [0.2, 0.25) is 0 Å². The predicted molar refractivity (Wildman–Crippen MR) is 87.7 cm³/mol. The molecule has 136 valence electrons. The number of nitrogens with zero attached hydrogens (tertiary/aromatic N) is 1. The average molecular weight is 363 g/mol. The summed E-state index contributed by atoms with van der Waals surface area (Å²) in [6.07, 6.45) is -2.71. The van der Waals surface area contributed by atoms with Gasteiger partial charge in [0.1, 0.15) is 11.3 Å². The molecule has 3 heterocycles. The van der Waals surface area contributed by atoms with E-state index < -0.39 is 17.8 Å². The Bertz CT molecular complexity index is 828. The van der Waals surface area contributed by atoms with Gasteiger partial charge in [0.2, 0.25) is 0 Å². The van der Waals surface area contributed by atoms with Gasteiger partial charge in [0.05, 0.1) is 6.61 Å². The predicted octanol–water partition coefficient (Wildman–Crippen LogP) is 2.94. The highest BCUT2D eigenvalue weighted by molar-refractivity contribution is 6.04. The number of anilines is 1. The van der Waals surface area contributed by atoms with Crippen molar-refractivity contribution in [3.63, 3.8) is 0 Å². The first kappa shape index (κ1) is 17.0. The van der Waals surface area contributed by atoms with Gasteiger partial charge in [-0.3, -0.25) is 9.78 Å². The number of nitrogens with one attached hydrogen (secondary N) is 2. The third kappa shape index (κ3) is 3.06. The highest BCUT2D eigenvalue weighted by atomic mass is 19.4. The summed E-state index contributed by atoms with van der Waals surface area (Å²) in [7, 11) is 0. The molecule has 8 heteroatoms. The lowest BCUT2D eigenvalue weighted by Gasteiger charge is -2.27. The number of morpholine rings is 1. The molecule has 2 N–H and O–H groups in total. The summed E-state index contributed by atoms with van der Waals surface area (Å²) >= 11 is 0. The van der Waals surface area contributed by atoms with Gasteiger partial charge in [-0.15, -0.1) is 0 Å². The lowest BCUT2D eigenvalue weighted by molar-refractivity contribution is -0.141. The van der Waals surface area contributed by atoms with Gasteiger partial charge in [-0.1, -0.05) is 12.1 Å². The molecular formula is C18H16F3N3O2. The first-order valence-electron chi connectivity index (χ1n) is 8.18. The maximum Gasteiger partial charge on any atom is 0.433 e. The quantitative estimate of drug-likeness (QED) is 0.880. The van der Waals surface area contributed by atoms with Crippen LogP contribution in [0.3, 0.4) is 0 Å². The summed E-state index contributed by atoms with van der Waals surface area (Å²) < 4.78 is 44.0. The first-order valence-corrected chi connectivity index (χ1v) is 8.18. The van der Waals surface area contributed by atoms with Crippen LogP contribution < -0.4 is 10.6 Å². The fourth-order valence-electron chi connectivity index (χ4n) is 3.43. The van der Waals surface area contributed by atoms with Gasteiger partial charge in [0.15, 0.2) is 0 Å². The van der Waals surface area contributed by atoms with E-state index in [2.05, 4.69) is 15.6 Å². The Morgan fingerprint density at radius 1 is 1.27 bits per heavy atom. The molecule has 2 saturated heterocycles. The number of carbonyl (C=O) groups excluding carboxylic acids is 1. The van der Waals surface area contributed by atoms with E-state index in [0.29, 0.717) is 18.3 Å². The van der Waals surface area contributed by atoms with Crippen LogP contribution in [0.25, 0.3) is 0 Å². The van der Waals surface area contributed by atoms with E-state index >= 15 is 0 Å². The second-order valence-corrected chi connectivity index (χ2v) is 6.55. The molecule has 2 fully saturated rings. The van der Waals surface area contributed by atoms with Crippen LogP contribution in [0.1, 0.15) is 28.0 Å². The molecule has 0 aliphatic carbocycles. The molecule has 2 aliphatic rings. The Balaban J connectivity index is 1.48. The number of amides is 1. The number of halogens is 3. The summed E-state index contributed by atoms with van der Waals surface area (Å²) in [5.41, 5.74) is 0.00502. The van der Waals surface area contributed by atoms with E-state index in [1.54, 1.807) is 12.1 Å². The van der Waals surface area contributed by atoms with Crippen molar-refractivity contribution in [2.45, 2.75) is 24.2 Å². The van der Waals surface area contributed by atoms with Gasteiger partial charge in [0.25, 0.3) is 5.91 Å². The molecule has 2 aromatic rings. The van der Waals surface area contributed by atoms with Gasteiger partial charge in [-0.25, -0.2) is 0 Å². The molecule has 0 saturated carbocycles. The molecule has 0 spiro atoms. The minimum atomic E-state index is -4.59. The molecule has 2 aliphatic heterocycles. The Hall–Kier alpha value is -2.45. The van der Waals surface area contributed by atoms with Crippen LogP contribution >= 0.6 is 0 Å². The number of carbonyl (C=O) groups is 1. The summed E-state index contributed by atoms with van der Waals surface area (Å²) in [5, 5.41) is 5.99. The van der Waals surface area contributed by atoms with E-state index in [-0.39, 0.29) is 11.2 Å². The lowest BCUT2D eigenvalue weighted by atomic mass is 9.93. The number of alkyl halides is 3. The Morgan fingerprint density at radius 2 is 2.04 bits per heavy atom. The third-order valence-corrected chi connectivity index (χ3v) is 4.79. The van der Waals surface area contributed by atoms with Gasteiger partial charge in [-0.05, 0) is 36.2 Å². The summed E-state index contributed by atoms with van der Waals surface area (Å²) in [6.45, 7) is 1.43. The van der Waals surface area contributed by atoms with Gasteiger partial charge < -0.3 is 15.4 Å². The van der Waals surface area contributed by atoms with Crippen LogP contribution in [0.15, 0.2) is 42.6 Å². The number of fused-ring (bicyclic) bond motifs is 2. The number of hydrogen-bond donors (Lipinski definition) is 2. The molecule has 2 bridgehead atoms. The molecule has 0 radical (unpaired) electrons. The maximum absolute atomic E-state index is 12.7. The number of hydrogen-bond acceptors (Lipinski definition) is 4. The van der Waals surface area contributed by atoms with Crippen LogP contribution in [0.4, 0.5) is 18.9 Å².